The lowest BCUT2D eigenvalue weighted by atomic mass is 10.1. The fourth-order valence-corrected chi connectivity index (χ4v) is 4.37. The highest BCUT2D eigenvalue weighted by atomic mass is 32.2. The summed E-state index contributed by atoms with van der Waals surface area (Å²) in [6, 6.07) is 5.60. The highest BCUT2D eigenvalue weighted by Gasteiger charge is 2.29. The predicted octanol–water partition coefficient (Wildman–Crippen LogP) is 3.27. The zero-order valence-electron chi connectivity index (χ0n) is 16.1. The lowest BCUT2D eigenvalue weighted by Gasteiger charge is -2.33. The number of likely N-dealkylation sites (tertiary alicyclic amines) is 1. The van der Waals surface area contributed by atoms with Gasteiger partial charge in [-0.05, 0) is 56.7 Å². The van der Waals surface area contributed by atoms with E-state index in [9.17, 15) is 17.9 Å². The molecule has 1 unspecified atom stereocenters. The highest BCUT2D eigenvalue weighted by Crippen LogP contribution is 2.27. The van der Waals surface area contributed by atoms with E-state index in [0.717, 1.165) is 31.9 Å². The predicted molar refractivity (Wildman–Crippen MR) is 110 cm³/mol. The Hall–Kier alpha value is -2.26. The van der Waals surface area contributed by atoms with Crippen LogP contribution in [0.5, 0.6) is 0 Å². The lowest BCUT2D eigenvalue weighted by molar-refractivity contribution is -0.117. The molecule has 158 valence electrons. The van der Waals surface area contributed by atoms with Crippen LogP contribution in [0.1, 0.15) is 38.5 Å². The second-order valence-corrected chi connectivity index (χ2v) is 8.53. The first-order chi connectivity index (χ1) is 14.0. The first-order valence-corrected chi connectivity index (χ1v) is 11.0. The van der Waals surface area contributed by atoms with E-state index >= 15 is 0 Å². The van der Waals surface area contributed by atoms with Gasteiger partial charge in [0.2, 0.25) is 5.76 Å². The molecule has 0 bridgehead atoms. The Labute approximate surface area is 172 Å². The number of hydrogen-bond acceptors (Lipinski definition) is 5. The first-order valence-electron chi connectivity index (χ1n) is 9.81. The number of ether oxygens (including phenoxy) is 1. The van der Waals surface area contributed by atoms with E-state index < -0.39 is 22.8 Å². The van der Waals surface area contributed by atoms with Crippen LogP contribution in [-0.2, 0) is 20.6 Å². The Kier molecular flexibility index (Phi) is 7.38. The molecular formula is C20H26FN3O4S. The van der Waals surface area contributed by atoms with E-state index in [1.54, 1.807) is 6.07 Å². The van der Waals surface area contributed by atoms with Crippen molar-refractivity contribution < 1.29 is 22.7 Å². The molecule has 1 aromatic carbocycles. The van der Waals surface area contributed by atoms with Crippen LogP contribution in [0.4, 0.5) is 10.1 Å². The average Bonchev–Trinajstić information content (AvgIpc) is 3.21. The molecule has 1 aromatic rings. The maximum atomic E-state index is 13.5. The second kappa shape index (κ2) is 9.98. The van der Waals surface area contributed by atoms with Crippen molar-refractivity contribution in [3.05, 3.63) is 41.5 Å². The zero-order chi connectivity index (χ0) is 20.8. The van der Waals surface area contributed by atoms with Crippen LogP contribution >= 0.6 is 0 Å². The number of nitrogens with one attached hydrogen (secondary N) is 2. The van der Waals surface area contributed by atoms with Gasteiger partial charge in [-0.25, -0.2) is 8.60 Å². The molecule has 1 aliphatic carbocycles. The van der Waals surface area contributed by atoms with E-state index in [1.807, 2.05) is 4.90 Å². The van der Waals surface area contributed by atoms with Gasteiger partial charge >= 0.3 is 0 Å². The van der Waals surface area contributed by atoms with Gasteiger partial charge in [-0.15, -0.1) is 0 Å². The van der Waals surface area contributed by atoms with Crippen LogP contribution < -0.4 is 5.32 Å². The van der Waals surface area contributed by atoms with Crippen LogP contribution in [0, 0.1) is 11.2 Å². The van der Waals surface area contributed by atoms with Crippen molar-refractivity contribution >= 4 is 28.9 Å². The first kappa shape index (κ1) is 21.4. The fraction of sp³-hybridized carbons (Fsp3) is 0.500. The molecule has 3 rings (SSSR count). The van der Waals surface area contributed by atoms with E-state index in [4.69, 9.17) is 10.1 Å². The molecule has 2 aliphatic rings. The molecule has 1 saturated heterocycles. The number of nitrogens with zero attached hydrogens (tertiary/aromatic N) is 1. The van der Waals surface area contributed by atoms with Crippen LogP contribution in [0.3, 0.4) is 0 Å². The summed E-state index contributed by atoms with van der Waals surface area (Å²) in [5, 5.41) is 10.2. The van der Waals surface area contributed by atoms with Crippen molar-refractivity contribution in [1.29, 1.82) is 5.41 Å². The van der Waals surface area contributed by atoms with Gasteiger partial charge in [0.1, 0.15) is 11.5 Å². The van der Waals surface area contributed by atoms with Crippen LogP contribution in [0.2, 0.25) is 0 Å². The topological polar surface area (TPSA) is 103 Å². The molecule has 0 spiro atoms. The van der Waals surface area contributed by atoms with Crippen molar-refractivity contribution in [1.82, 2.24) is 4.90 Å². The number of carbonyl (C=O) groups is 1. The third-order valence-corrected chi connectivity index (χ3v) is 6.35. The van der Waals surface area contributed by atoms with Crippen molar-refractivity contribution in [3.63, 3.8) is 0 Å². The molecule has 1 atom stereocenters. The number of rotatable bonds is 7. The van der Waals surface area contributed by atoms with Crippen LogP contribution in [0.25, 0.3) is 0 Å². The van der Waals surface area contributed by atoms with E-state index in [1.165, 1.54) is 18.2 Å². The molecule has 0 radical (unpaired) electrons. The molecule has 1 heterocycles. The fourth-order valence-electron chi connectivity index (χ4n) is 3.76. The van der Waals surface area contributed by atoms with Gasteiger partial charge in [0, 0.05) is 25.0 Å². The maximum absolute atomic E-state index is 13.5. The normalized spacial score (nSPS) is 20.1. The van der Waals surface area contributed by atoms with E-state index in [-0.39, 0.29) is 17.1 Å². The van der Waals surface area contributed by atoms with Gasteiger partial charge < -0.3 is 24.9 Å². The molecule has 2 fully saturated rings. The summed E-state index contributed by atoms with van der Waals surface area (Å²) in [5.41, 5.74) is 0.647. The summed E-state index contributed by atoms with van der Waals surface area (Å²) in [6.07, 6.45) is 5.70. The second-order valence-electron chi connectivity index (χ2n) is 7.31. The molecule has 29 heavy (non-hydrogen) atoms. The Morgan fingerprint density at radius 3 is 2.55 bits per heavy atom. The number of halogens is 1. The quantitative estimate of drug-likeness (QED) is 0.270. The molecule has 3 N–H and O–H groups in total. The minimum absolute atomic E-state index is 0.0414. The van der Waals surface area contributed by atoms with Crippen molar-refractivity contribution in [2.45, 2.75) is 49.9 Å². The molecule has 0 aromatic heterocycles. The minimum atomic E-state index is -1.88. The van der Waals surface area contributed by atoms with E-state index in [2.05, 4.69) is 5.32 Å². The third kappa shape index (κ3) is 5.63. The van der Waals surface area contributed by atoms with Crippen molar-refractivity contribution in [3.8, 4) is 0 Å². The Bertz CT molecular complexity index is 803. The largest absolute Gasteiger partial charge is 0.483 e. The summed E-state index contributed by atoms with van der Waals surface area (Å²) in [6.45, 7) is 0.902. The molecule has 1 saturated carbocycles. The summed E-state index contributed by atoms with van der Waals surface area (Å²) in [5.74, 6) is -0.954. The number of hydrogen-bond donors (Lipinski definition) is 3. The number of carbonyl (C=O) groups excluding carboxylic acids is 1. The van der Waals surface area contributed by atoms with Gasteiger partial charge in [-0.2, -0.15) is 0 Å². The Morgan fingerprint density at radius 2 is 1.97 bits per heavy atom. The average molecular weight is 424 g/mol. The SMILES string of the molecule is N=C/C(=C(/OC1CCCC1)C(=O)Nc1cccc(F)c1)N1CCC(S(=O)O)CC1. The molecule has 7 nitrogen and oxygen atoms in total. The van der Waals surface area contributed by atoms with Crippen LogP contribution in [-0.4, -0.2) is 50.2 Å². The summed E-state index contributed by atoms with van der Waals surface area (Å²) in [4.78, 5) is 14.8. The summed E-state index contributed by atoms with van der Waals surface area (Å²) >= 11 is -1.88. The third-order valence-electron chi connectivity index (χ3n) is 5.31. The number of anilines is 1. The number of allylic oxidation sites excluding steroid dienone is 1. The van der Waals surface area contributed by atoms with E-state index in [0.29, 0.717) is 37.3 Å². The highest BCUT2D eigenvalue weighted by molar-refractivity contribution is 7.79. The summed E-state index contributed by atoms with van der Waals surface area (Å²) in [7, 11) is 0. The standard InChI is InChI=1S/C20H26FN3O4S/c21-14-4-3-5-15(12-14)23-20(25)19(28-16-6-1-2-7-16)18(13-22)24-10-8-17(9-11-24)29(26)27/h3-5,12-13,16-17,22H,1-2,6-11H2,(H,23,25)(H,26,27)/b19-18-,22-13?. The van der Waals surface area contributed by atoms with Gasteiger partial charge in [0.15, 0.2) is 11.1 Å². The maximum Gasteiger partial charge on any atom is 0.293 e. The van der Waals surface area contributed by atoms with Crippen LogP contribution in [0.15, 0.2) is 35.7 Å². The van der Waals surface area contributed by atoms with Crippen molar-refractivity contribution in [2.75, 3.05) is 18.4 Å². The number of benzene rings is 1. The lowest BCUT2D eigenvalue weighted by Crippen LogP contribution is -2.39. The summed E-state index contributed by atoms with van der Waals surface area (Å²) < 4.78 is 40.1. The zero-order valence-corrected chi connectivity index (χ0v) is 16.9. The smallest absolute Gasteiger partial charge is 0.293 e. The minimum Gasteiger partial charge on any atom is -0.483 e. The number of amides is 1. The monoisotopic (exact) mass is 423 g/mol. The molecule has 1 amide bonds. The van der Waals surface area contributed by atoms with Gasteiger partial charge in [-0.3, -0.25) is 4.79 Å². The van der Waals surface area contributed by atoms with Gasteiger partial charge in [-0.1, -0.05) is 6.07 Å². The molecular weight excluding hydrogens is 397 g/mol. The Morgan fingerprint density at radius 1 is 1.28 bits per heavy atom. The molecule has 9 heteroatoms. The number of piperidine rings is 1. The molecule has 1 aliphatic heterocycles. The Balaban J connectivity index is 1.84. The van der Waals surface area contributed by atoms with Crippen molar-refractivity contribution in [2.24, 2.45) is 0 Å². The van der Waals surface area contributed by atoms with Gasteiger partial charge in [0.25, 0.3) is 5.91 Å². The van der Waals surface area contributed by atoms with Gasteiger partial charge in [0.05, 0.1) is 11.4 Å².